The highest BCUT2D eigenvalue weighted by molar-refractivity contribution is 6.30. The van der Waals surface area contributed by atoms with Crippen molar-refractivity contribution in [2.75, 3.05) is 13.2 Å². The molecule has 0 unspecified atom stereocenters. The Morgan fingerprint density at radius 2 is 1.55 bits per heavy atom. The molecule has 2 aromatic carbocycles. The summed E-state index contributed by atoms with van der Waals surface area (Å²) in [4.78, 5) is 0. The van der Waals surface area contributed by atoms with E-state index >= 15 is 0 Å². The summed E-state index contributed by atoms with van der Waals surface area (Å²) in [6, 6.07) is 15.4. The first-order valence-corrected chi connectivity index (χ1v) is 7.01. The standard InChI is InChI=1S/C17H19ClO2/c1-13-4-2-3-5-16(13)17(11-19,12-20)10-14-6-8-15(18)9-7-14/h2-9,19-20H,10-12H2,1H3. The number of aryl methyl sites for hydroxylation is 1. The first-order valence-electron chi connectivity index (χ1n) is 6.63. The second-order valence-electron chi connectivity index (χ2n) is 5.21. The Bertz CT molecular complexity index is 559. The van der Waals surface area contributed by atoms with Crippen LogP contribution in [0.1, 0.15) is 16.7 Å². The molecule has 2 N–H and O–H groups in total. The van der Waals surface area contributed by atoms with Gasteiger partial charge in [-0.05, 0) is 42.2 Å². The lowest BCUT2D eigenvalue weighted by atomic mass is 9.75. The van der Waals surface area contributed by atoms with Gasteiger partial charge in [-0.2, -0.15) is 0 Å². The molecule has 20 heavy (non-hydrogen) atoms. The minimum Gasteiger partial charge on any atom is -0.395 e. The minimum atomic E-state index is -0.667. The predicted molar refractivity (Wildman–Crippen MR) is 82.2 cm³/mol. The molecule has 0 saturated carbocycles. The average Bonchev–Trinajstić information content (AvgIpc) is 2.48. The Kier molecular flexibility index (Phi) is 4.81. The van der Waals surface area contributed by atoms with E-state index in [9.17, 15) is 10.2 Å². The zero-order valence-corrected chi connectivity index (χ0v) is 12.3. The summed E-state index contributed by atoms with van der Waals surface area (Å²) in [5.41, 5.74) is 2.43. The first-order chi connectivity index (χ1) is 9.61. The molecule has 0 aromatic heterocycles. The molecule has 0 aliphatic rings. The largest absolute Gasteiger partial charge is 0.395 e. The number of halogens is 1. The molecule has 3 heteroatoms. The molecule has 0 saturated heterocycles. The zero-order valence-electron chi connectivity index (χ0n) is 11.5. The predicted octanol–water partition coefficient (Wildman–Crippen LogP) is 3.11. The molecule has 0 atom stereocenters. The van der Waals surface area contributed by atoms with Crippen LogP contribution in [0.3, 0.4) is 0 Å². The van der Waals surface area contributed by atoms with Gasteiger partial charge in [0.15, 0.2) is 0 Å². The Labute approximate surface area is 124 Å². The third kappa shape index (κ3) is 3.04. The minimum absolute atomic E-state index is 0.100. The second kappa shape index (κ2) is 6.40. The van der Waals surface area contributed by atoms with Crippen LogP contribution >= 0.6 is 11.6 Å². The van der Waals surface area contributed by atoms with Crippen LogP contribution in [0.4, 0.5) is 0 Å². The molecule has 0 heterocycles. The lowest BCUT2D eigenvalue weighted by Crippen LogP contribution is -2.38. The molecule has 0 aliphatic heterocycles. The zero-order chi connectivity index (χ0) is 14.6. The fourth-order valence-corrected chi connectivity index (χ4v) is 2.71. The van der Waals surface area contributed by atoms with Gasteiger partial charge in [-0.25, -0.2) is 0 Å². The van der Waals surface area contributed by atoms with Crippen molar-refractivity contribution in [3.63, 3.8) is 0 Å². The van der Waals surface area contributed by atoms with Gasteiger partial charge in [0.25, 0.3) is 0 Å². The second-order valence-corrected chi connectivity index (χ2v) is 5.65. The molecule has 0 bridgehead atoms. The van der Waals surface area contributed by atoms with Gasteiger partial charge in [-0.1, -0.05) is 48.0 Å². The maximum absolute atomic E-state index is 9.88. The van der Waals surface area contributed by atoms with Crippen LogP contribution in [0.25, 0.3) is 0 Å². The highest BCUT2D eigenvalue weighted by atomic mass is 35.5. The van der Waals surface area contributed by atoms with E-state index < -0.39 is 5.41 Å². The van der Waals surface area contributed by atoms with Gasteiger partial charge in [0, 0.05) is 10.4 Å². The van der Waals surface area contributed by atoms with Crippen LogP contribution in [0.2, 0.25) is 5.02 Å². The lowest BCUT2D eigenvalue weighted by Gasteiger charge is -2.32. The number of rotatable bonds is 5. The molecule has 0 spiro atoms. The Hall–Kier alpha value is -1.35. The van der Waals surface area contributed by atoms with E-state index in [1.165, 1.54) is 0 Å². The van der Waals surface area contributed by atoms with Gasteiger partial charge in [-0.15, -0.1) is 0 Å². The number of hydrogen-bond donors (Lipinski definition) is 2. The van der Waals surface area contributed by atoms with E-state index in [0.717, 1.165) is 16.7 Å². The smallest absolute Gasteiger partial charge is 0.0553 e. The highest BCUT2D eigenvalue weighted by Gasteiger charge is 2.32. The van der Waals surface area contributed by atoms with Gasteiger partial charge in [-0.3, -0.25) is 0 Å². The summed E-state index contributed by atoms with van der Waals surface area (Å²) >= 11 is 5.89. The molecule has 2 aromatic rings. The van der Waals surface area contributed by atoms with Crippen molar-refractivity contribution < 1.29 is 10.2 Å². The van der Waals surface area contributed by atoms with Crippen molar-refractivity contribution >= 4 is 11.6 Å². The topological polar surface area (TPSA) is 40.5 Å². The average molecular weight is 291 g/mol. The summed E-state index contributed by atoms with van der Waals surface area (Å²) < 4.78 is 0. The number of benzene rings is 2. The van der Waals surface area contributed by atoms with Crippen LogP contribution in [0.5, 0.6) is 0 Å². The summed E-state index contributed by atoms with van der Waals surface area (Å²) in [7, 11) is 0. The number of aliphatic hydroxyl groups excluding tert-OH is 2. The number of hydrogen-bond acceptors (Lipinski definition) is 2. The van der Waals surface area contributed by atoms with Crippen LogP contribution in [-0.2, 0) is 11.8 Å². The normalized spacial score (nSPS) is 11.6. The molecular formula is C17H19ClO2. The van der Waals surface area contributed by atoms with Crippen molar-refractivity contribution in [1.29, 1.82) is 0 Å². The van der Waals surface area contributed by atoms with Gasteiger partial charge in [0.1, 0.15) is 0 Å². The molecule has 0 radical (unpaired) electrons. The SMILES string of the molecule is Cc1ccccc1C(CO)(CO)Cc1ccc(Cl)cc1. The van der Waals surface area contributed by atoms with E-state index in [0.29, 0.717) is 11.4 Å². The van der Waals surface area contributed by atoms with E-state index in [1.54, 1.807) is 0 Å². The summed E-state index contributed by atoms with van der Waals surface area (Å²) in [6.07, 6.45) is 0.571. The summed E-state index contributed by atoms with van der Waals surface area (Å²) in [6.45, 7) is 1.80. The van der Waals surface area contributed by atoms with Crippen molar-refractivity contribution in [2.45, 2.75) is 18.8 Å². The molecule has 0 amide bonds. The molecule has 106 valence electrons. The van der Waals surface area contributed by atoms with Crippen LogP contribution in [0, 0.1) is 6.92 Å². The molecule has 0 aliphatic carbocycles. The van der Waals surface area contributed by atoms with Gasteiger partial charge >= 0.3 is 0 Å². The first kappa shape index (κ1) is 15.0. The van der Waals surface area contributed by atoms with Crippen LogP contribution in [0.15, 0.2) is 48.5 Å². The maximum Gasteiger partial charge on any atom is 0.0553 e. The molecule has 2 rings (SSSR count). The van der Waals surface area contributed by atoms with E-state index in [1.807, 2.05) is 55.5 Å². The maximum atomic E-state index is 9.88. The summed E-state index contributed by atoms with van der Waals surface area (Å²) in [5, 5.41) is 20.5. The fraction of sp³-hybridized carbons (Fsp3) is 0.294. The van der Waals surface area contributed by atoms with Crippen LogP contribution in [-0.4, -0.2) is 23.4 Å². The van der Waals surface area contributed by atoms with Crippen molar-refractivity contribution in [1.82, 2.24) is 0 Å². The van der Waals surface area contributed by atoms with E-state index in [2.05, 4.69) is 0 Å². The highest BCUT2D eigenvalue weighted by Crippen LogP contribution is 2.30. The lowest BCUT2D eigenvalue weighted by molar-refractivity contribution is 0.116. The van der Waals surface area contributed by atoms with Gasteiger partial charge in [0.2, 0.25) is 0 Å². The molecule has 2 nitrogen and oxygen atoms in total. The Morgan fingerprint density at radius 1 is 0.950 bits per heavy atom. The van der Waals surface area contributed by atoms with Crippen molar-refractivity contribution in [3.05, 3.63) is 70.2 Å². The Balaban J connectivity index is 2.39. The third-order valence-corrected chi connectivity index (χ3v) is 4.03. The number of aliphatic hydroxyl groups is 2. The van der Waals surface area contributed by atoms with Crippen molar-refractivity contribution in [3.8, 4) is 0 Å². The summed E-state index contributed by atoms with van der Waals surface area (Å²) in [5.74, 6) is 0. The molecular weight excluding hydrogens is 272 g/mol. The van der Waals surface area contributed by atoms with E-state index in [-0.39, 0.29) is 13.2 Å². The van der Waals surface area contributed by atoms with E-state index in [4.69, 9.17) is 11.6 Å². The van der Waals surface area contributed by atoms with Crippen molar-refractivity contribution in [2.24, 2.45) is 0 Å². The third-order valence-electron chi connectivity index (χ3n) is 3.78. The fourth-order valence-electron chi connectivity index (χ4n) is 2.59. The molecule has 0 fully saturated rings. The quantitative estimate of drug-likeness (QED) is 0.888. The van der Waals surface area contributed by atoms with Gasteiger partial charge in [0.05, 0.1) is 13.2 Å². The monoisotopic (exact) mass is 290 g/mol. The van der Waals surface area contributed by atoms with Gasteiger partial charge < -0.3 is 10.2 Å². The van der Waals surface area contributed by atoms with Crippen LogP contribution < -0.4 is 0 Å². The Morgan fingerprint density at radius 3 is 2.10 bits per heavy atom.